The molecule has 0 spiro atoms. The molecule has 0 unspecified atom stereocenters. The van der Waals surface area contributed by atoms with Crippen molar-refractivity contribution in [1.29, 1.82) is 0 Å². The first-order chi connectivity index (χ1) is 31.8. The zero-order chi connectivity index (χ0) is 47.1. The number of aryl methyl sites for hydroxylation is 2. The number of benzene rings is 4. The SMILES string of the molecule is C.C.CCOC(=O)Cc1ccc(C)cc1OCc1cc(-c2ccnc(CN)c2F)c2occc2c1F.Cc1ccc(CC(=O)O)c(OCc2cc(-c3ccnc(CN)c3F)c3occc3c2F)c1.[Li+].[OH-]. The number of hydrogen-bond acceptors (Lipinski definition) is 12. The zero-order valence-corrected chi connectivity index (χ0v) is 37.5. The first-order valence-electron chi connectivity index (χ1n) is 20.7. The van der Waals surface area contributed by atoms with Gasteiger partial charge in [-0.05, 0) is 80.4 Å². The van der Waals surface area contributed by atoms with Crippen LogP contribution in [0.2, 0.25) is 0 Å². The van der Waals surface area contributed by atoms with Crippen LogP contribution in [0.4, 0.5) is 17.6 Å². The van der Waals surface area contributed by atoms with Crippen molar-refractivity contribution in [3.05, 3.63) is 166 Å². The maximum atomic E-state index is 15.3. The number of carboxylic acid groups (broad SMARTS) is 1. The van der Waals surface area contributed by atoms with E-state index < -0.39 is 29.2 Å². The Morgan fingerprint density at radius 1 is 0.614 bits per heavy atom. The fraction of sp³-hybridized carbons (Fsp3) is 0.231. The van der Waals surface area contributed by atoms with Crippen molar-refractivity contribution in [3.8, 4) is 33.8 Å². The molecule has 0 bridgehead atoms. The molecule has 0 aliphatic rings. The minimum absolute atomic E-state index is 0. The number of nitrogens with zero attached hydrogens (tertiary/aromatic N) is 2. The third kappa shape index (κ3) is 12.6. The first-order valence-corrected chi connectivity index (χ1v) is 20.7. The summed E-state index contributed by atoms with van der Waals surface area (Å²) in [5.41, 5.74) is 16.1. The summed E-state index contributed by atoms with van der Waals surface area (Å²) in [4.78, 5) is 31.0. The molecule has 0 amide bonds. The van der Waals surface area contributed by atoms with Crippen LogP contribution in [-0.4, -0.2) is 39.1 Å². The van der Waals surface area contributed by atoms with E-state index in [1.54, 1.807) is 37.3 Å². The van der Waals surface area contributed by atoms with E-state index in [4.69, 9.17) is 39.6 Å². The van der Waals surface area contributed by atoms with Gasteiger partial charge in [0.05, 0.1) is 54.1 Å². The number of aliphatic carboxylic acids is 1. The average Bonchev–Trinajstić information content (AvgIpc) is 4.01. The molecular weight excluding hydrogens is 908 g/mol. The van der Waals surface area contributed by atoms with E-state index in [0.717, 1.165) is 11.1 Å². The molecule has 4 aromatic carbocycles. The molecule has 6 N–H and O–H groups in total. The Kier molecular flexibility index (Phi) is 20.9. The third-order valence-corrected chi connectivity index (χ3v) is 10.6. The minimum Gasteiger partial charge on any atom is -0.870 e. The number of esters is 1. The van der Waals surface area contributed by atoms with Gasteiger partial charge in [-0.1, -0.05) is 39.1 Å². The molecule has 0 saturated heterocycles. The molecular formula is C52H53F4LiN4O9. The number of carbonyl (C=O) groups is 2. The van der Waals surface area contributed by atoms with Crippen molar-refractivity contribution in [2.45, 2.75) is 74.8 Å². The second-order valence-corrected chi connectivity index (χ2v) is 15.1. The summed E-state index contributed by atoms with van der Waals surface area (Å²) in [6, 6.07) is 19.4. The topological polar surface area (TPSA) is 216 Å². The number of ether oxygens (including phenoxy) is 3. The molecule has 0 aliphatic heterocycles. The van der Waals surface area contributed by atoms with Crippen LogP contribution in [0.3, 0.4) is 0 Å². The summed E-state index contributed by atoms with van der Waals surface area (Å²) in [7, 11) is 0. The molecule has 0 fully saturated rings. The van der Waals surface area contributed by atoms with E-state index in [0.29, 0.717) is 33.8 Å². The summed E-state index contributed by atoms with van der Waals surface area (Å²) in [6.45, 7) is 5.25. The summed E-state index contributed by atoms with van der Waals surface area (Å²) in [5, 5.41) is 9.53. The molecule has 18 heteroatoms. The van der Waals surface area contributed by atoms with Gasteiger partial charge in [-0.25, -0.2) is 17.6 Å². The van der Waals surface area contributed by atoms with Crippen LogP contribution in [-0.2, 0) is 53.5 Å². The van der Waals surface area contributed by atoms with Gasteiger partial charge in [-0.15, -0.1) is 0 Å². The molecule has 13 nitrogen and oxygen atoms in total. The number of fused-ring (bicyclic) bond motifs is 2. The predicted octanol–water partition coefficient (Wildman–Crippen LogP) is 8.07. The quantitative estimate of drug-likeness (QED) is 0.0504. The van der Waals surface area contributed by atoms with Crippen molar-refractivity contribution < 1.29 is 79.6 Å². The van der Waals surface area contributed by atoms with Crippen molar-refractivity contribution in [2.75, 3.05) is 6.61 Å². The summed E-state index contributed by atoms with van der Waals surface area (Å²) in [5.74, 6) is -2.86. The Balaban J connectivity index is 0.000000351. The molecule has 70 heavy (non-hydrogen) atoms. The monoisotopic (exact) mass is 960 g/mol. The Morgan fingerprint density at radius 2 is 1.04 bits per heavy atom. The van der Waals surface area contributed by atoms with Crippen molar-refractivity contribution in [2.24, 2.45) is 11.5 Å². The van der Waals surface area contributed by atoms with E-state index in [1.165, 1.54) is 61.3 Å². The molecule has 0 saturated carbocycles. The fourth-order valence-corrected chi connectivity index (χ4v) is 7.34. The van der Waals surface area contributed by atoms with Crippen LogP contribution >= 0.6 is 0 Å². The number of hydrogen-bond donors (Lipinski definition) is 3. The molecule has 4 aromatic heterocycles. The van der Waals surface area contributed by atoms with E-state index in [-0.39, 0.29) is 146 Å². The Morgan fingerprint density at radius 3 is 1.44 bits per heavy atom. The number of pyridine rings is 2. The van der Waals surface area contributed by atoms with Gasteiger partial charge in [-0.2, -0.15) is 0 Å². The molecule has 4 heterocycles. The molecule has 0 radical (unpaired) electrons. The van der Waals surface area contributed by atoms with Gasteiger partial charge in [0.15, 0.2) is 11.6 Å². The van der Waals surface area contributed by atoms with Crippen molar-refractivity contribution in [1.82, 2.24) is 9.97 Å². The second kappa shape index (κ2) is 25.6. The third-order valence-electron chi connectivity index (χ3n) is 10.6. The molecule has 8 aromatic rings. The number of carbonyl (C=O) groups excluding carboxylic acids is 1. The second-order valence-electron chi connectivity index (χ2n) is 15.1. The number of rotatable bonds is 15. The standard InChI is InChI=1S/C26H24F2N2O4.C24H20F2N2O4.2CH4.Li.H2O/c1-3-32-23(31)12-16-5-4-15(2)10-22(16)34-14-17-11-20(26-19(24(17)27)7-9-33-26)18-6-8-30-21(13-29)25(18)28;1-13-2-3-14(10-21(29)30)20(8-13)32-12-15-9-18(24-17(22(15)25)5-7-31-24)16-4-6-28-19(11-27)23(16)26;;;;/h4-11H,3,12-14,29H2,1-2H3;2-9H,10-12,27H2,1H3,(H,29,30);2*1H4;;1H2/q;;;;+1;/p-1. The Hall–Kier alpha value is -7.00. The predicted molar refractivity (Wildman–Crippen MR) is 253 cm³/mol. The van der Waals surface area contributed by atoms with Gasteiger partial charge in [0, 0.05) is 70.0 Å². The van der Waals surface area contributed by atoms with Crippen molar-refractivity contribution in [3.63, 3.8) is 0 Å². The smallest absolute Gasteiger partial charge is 0.870 e. The van der Waals surface area contributed by atoms with Crippen molar-refractivity contribution >= 4 is 33.9 Å². The van der Waals surface area contributed by atoms with Gasteiger partial charge in [0.25, 0.3) is 0 Å². The van der Waals surface area contributed by atoms with Gasteiger partial charge < -0.3 is 45.1 Å². The molecule has 364 valence electrons. The van der Waals surface area contributed by atoms with Crippen LogP contribution in [0.1, 0.15) is 66.5 Å². The van der Waals surface area contributed by atoms with Gasteiger partial charge in [0.2, 0.25) is 0 Å². The number of aromatic nitrogens is 2. The maximum Gasteiger partial charge on any atom is 1.00 e. The van der Waals surface area contributed by atoms with Crippen LogP contribution in [0.15, 0.2) is 107 Å². The van der Waals surface area contributed by atoms with Crippen LogP contribution in [0, 0.1) is 37.1 Å². The van der Waals surface area contributed by atoms with E-state index in [2.05, 4.69) is 9.97 Å². The zero-order valence-electron chi connectivity index (χ0n) is 37.5. The number of carboxylic acids is 1. The summed E-state index contributed by atoms with van der Waals surface area (Å²) in [6.07, 6.45) is 5.36. The normalized spacial score (nSPS) is 10.5. The Bertz CT molecular complexity index is 3090. The molecule has 0 aliphatic carbocycles. The average molecular weight is 961 g/mol. The van der Waals surface area contributed by atoms with E-state index in [9.17, 15) is 14.0 Å². The van der Waals surface area contributed by atoms with Crippen LogP contribution < -0.4 is 39.8 Å². The number of nitrogens with two attached hydrogens (primary N) is 2. The fourth-order valence-electron chi connectivity index (χ4n) is 7.34. The van der Waals surface area contributed by atoms with Gasteiger partial charge in [0.1, 0.15) is 47.5 Å². The van der Waals surface area contributed by atoms with Crippen LogP contribution in [0.25, 0.3) is 44.2 Å². The maximum absolute atomic E-state index is 15.3. The molecule has 8 rings (SSSR count). The first kappa shape index (κ1) is 57.3. The summed E-state index contributed by atoms with van der Waals surface area (Å²) >= 11 is 0. The number of halogens is 4. The van der Waals surface area contributed by atoms with E-state index in [1.807, 2.05) is 19.9 Å². The van der Waals surface area contributed by atoms with Gasteiger partial charge in [-0.3, -0.25) is 19.6 Å². The van der Waals surface area contributed by atoms with E-state index >= 15 is 13.2 Å². The number of furan rings is 2. The van der Waals surface area contributed by atoms with Crippen LogP contribution in [0.5, 0.6) is 11.5 Å². The Labute approximate surface area is 414 Å². The van der Waals surface area contributed by atoms with Gasteiger partial charge >= 0.3 is 30.8 Å². The summed E-state index contributed by atoms with van der Waals surface area (Å²) < 4.78 is 88.1. The minimum atomic E-state index is -1.00. The molecule has 0 atom stereocenters. The largest absolute Gasteiger partial charge is 1.00 e.